The molecule has 0 unspecified atom stereocenters. The molecule has 3 aromatic carbocycles. The average Bonchev–Trinajstić information content (AvgIpc) is 3.01. The molecule has 3 nitrogen and oxygen atoms in total. The van der Waals surface area contributed by atoms with Crippen LogP contribution in [-0.2, 0) is 6.61 Å². The minimum Gasteiger partial charge on any atom is -0.490 e. The van der Waals surface area contributed by atoms with Gasteiger partial charge in [0, 0.05) is 11.6 Å². The zero-order valence-electron chi connectivity index (χ0n) is 25.0. The predicted molar refractivity (Wildman–Crippen MR) is 157 cm³/mol. The van der Waals surface area contributed by atoms with Gasteiger partial charge in [0.05, 0.1) is 13.2 Å². The van der Waals surface area contributed by atoms with Crippen LogP contribution in [0.5, 0.6) is 17.2 Å². The Bertz CT molecular complexity index is 1340. The molecule has 8 heteroatoms. The smallest absolute Gasteiger partial charge is 0.201 e. The Morgan fingerprint density at radius 1 is 0.581 bits per heavy atom. The summed E-state index contributed by atoms with van der Waals surface area (Å²) in [5.41, 5.74) is 0.857. The maximum absolute atomic E-state index is 15.1. The molecule has 1 aliphatic carbocycles. The highest BCUT2D eigenvalue weighted by atomic mass is 19.2. The number of hydrogen-bond donors (Lipinski definition) is 0. The largest absolute Gasteiger partial charge is 0.490 e. The van der Waals surface area contributed by atoms with Gasteiger partial charge in [0.15, 0.2) is 23.1 Å². The van der Waals surface area contributed by atoms with Crippen LogP contribution < -0.4 is 14.2 Å². The molecule has 0 radical (unpaired) electrons. The first-order valence-corrected chi connectivity index (χ1v) is 15.5. The van der Waals surface area contributed by atoms with Gasteiger partial charge in [-0.1, -0.05) is 51.7 Å². The molecule has 0 bridgehead atoms. The van der Waals surface area contributed by atoms with E-state index in [0.29, 0.717) is 50.0 Å². The molecule has 0 aromatic heterocycles. The normalized spacial score (nSPS) is 16.7. The summed E-state index contributed by atoms with van der Waals surface area (Å²) < 4.78 is 90.0. The molecule has 0 aliphatic heterocycles. The number of hydrogen-bond acceptors (Lipinski definition) is 3. The molecule has 0 amide bonds. The van der Waals surface area contributed by atoms with E-state index in [-0.39, 0.29) is 41.3 Å². The number of unbranched alkanes of at least 4 members (excludes halogenated alkanes) is 4. The number of benzene rings is 3. The van der Waals surface area contributed by atoms with Crippen molar-refractivity contribution in [3.8, 4) is 17.2 Å². The fourth-order valence-electron chi connectivity index (χ4n) is 5.61. The van der Waals surface area contributed by atoms with Crippen molar-refractivity contribution in [3.05, 3.63) is 88.2 Å². The van der Waals surface area contributed by atoms with E-state index in [2.05, 4.69) is 6.92 Å². The first kappa shape index (κ1) is 32.6. The van der Waals surface area contributed by atoms with Crippen LogP contribution in [0.15, 0.2) is 42.5 Å². The lowest BCUT2D eigenvalue weighted by molar-refractivity contribution is 0.276. The minimum absolute atomic E-state index is 0.00265. The molecule has 1 aliphatic rings. The highest BCUT2D eigenvalue weighted by Gasteiger charge is 2.29. The monoisotopic (exact) mass is 604 g/mol. The van der Waals surface area contributed by atoms with Gasteiger partial charge in [-0.3, -0.25) is 0 Å². The van der Waals surface area contributed by atoms with E-state index in [1.807, 2.05) is 6.92 Å². The number of rotatable bonds is 15. The van der Waals surface area contributed by atoms with Crippen LogP contribution in [-0.4, -0.2) is 13.2 Å². The summed E-state index contributed by atoms with van der Waals surface area (Å²) in [6.45, 7) is 4.47. The summed E-state index contributed by atoms with van der Waals surface area (Å²) in [6.07, 6.45) is 7.96. The summed E-state index contributed by atoms with van der Waals surface area (Å²) >= 11 is 0. The summed E-state index contributed by atoms with van der Waals surface area (Å²) in [7, 11) is 0. The van der Waals surface area contributed by atoms with Crippen molar-refractivity contribution in [1.82, 2.24) is 0 Å². The van der Waals surface area contributed by atoms with Gasteiger partial charge in [-0.2, -0.15) is 8.78 Å². The van der Waals surface area contributed by atoms with Crippen molar-refractivity contribution in [2.75, 3.05) is 13.2 Å². The molecule has 1 fully saturated rings. The second kappa shape index (κ2) is 16.0. The van der Waals surface area contributed by atoms with Crippen LogP contribution in [0.2, 0.25) is 0 Å². The minimum atomic E-state index is -1.06. The van der Waals surface area contributed by atoms with Crippen LogP contribution in [0.4, 0.5) is 22.0 Å². The third-order valence-corrected chi connectivity index (χ3v) is 8.19. The Balaban J connectivity index is 1.31. The Morgan fingerprint density at radius 2 is 1.16 bits per heavy atom. The van der Waals surface area contributed by atoms with Gasteiger partial charge in [0.1, 0.15) is 18.2 Å². The molecular weight excluding hydrogens is 563 g/mol. The lowest BCUT2D eigenvalue weighted by Gasteiger charge is -2.29. The van der Waals surface area contributed by atoms with Gasteiger partial charge >= 0.3 is 0 Å². The van der Waals surface area contributed by atoms with Crippen molar-refractivity contribution in [3.63, 3.8) is 0 Å². The van der Waals surface area contributed by atoms with Gasteiger partial charge in [0.25, 0.3) is 0 Å². The standard InChI is InChI=1S/C35H41F5O3/c1-3-5-7-8-20-42-30-17-13-25(32(37)34(30)39)22-43-26-14-15-27(29(36)21-26)23-9-11-24(12-10-23)28-16-18-31(35(40)33(28)38)41-19-6-4-2/h13-18,21,23-24H,3-12,19-20,22H2,1-2H3. The van der Waals surface area contributed by atoms with Crippen LogP contribution in [0.3, 0.4) is 0 Å². The summed E-state index contributed by atoms with van der Waals surface area (Å²) in [5.74, 6) is -4.63. The van der Waals surface area contributed by atoms with Crippen molar-refractivity contribution >= 4 is 0 Å². The van der Waals surface area contributed by atoms with E-state index in [0.717, 1.165) is 38.5 Å². The van der Waals surface area contributed by atoms with E-state index in [9.17, 15) is 17.6 Å². The first-order chi connectivity index (χ1) is 20.8. The topological polar surface area (TPSA) is 27.7 Å². The van der Waals surface area contributed by atoms with E-state index < -0.39 is 29.1 Å². The molecule has 0 heterocycles. The highest BCUT2D eigenvalue weighted by Crippen LogP contribution is 2.43. The summed E-state index contributed by atoms with van der Waals surface area (Å²) in [5, 5.41) is 0. The highest BCUT2D eigenvalue weighted by molar-refractivity contribution is 5.36. The van der Waals surface area contributed by atoms with E-state index in [4.69, 9.17) is 14.2 Å². The lowest BCUT2D eigenvalue weighted by atomic mass is 9.76. The molecule has 234 valence electrons. The van der Waals surface area contributed by atoms with E-state index >= 15 is 4.39 Å². The van der Waals surface area contributed by atoms with Crippen LogP contribution >= 0.6 is 0 Å². The third kappa shape index (κ3) is 8.42. The van der Waals surface area contributed by atoms with Gasteiger partial charge < -0.3 is 14.2 Å². The quantitative estimate of drug-likeness (QED) is 0.128. The maximum Gasteiger partial charge on any atom is 0.201 e. The zero-order chi connectivity index (χ0) is 30.8. The molecule has 43 heavy (non-hydrogen) atoms. The maximum atomic E-state index is 15.1. The Kier molecular flexibility index (Phi) is 12.1. The Morgan fingerprint density at radius 3 is 1.81 bits per heavy atom. The molecule has 4 rings (SSSR count). The summed E-state index contributed by atoms with van der Waals surface area (Å²) in [6, 6.07) is 10.4. The van der Waals surface area contributed by atoms with Crippen molar-refractivity contribution in [2.45, 2.75) is 96.5 Å². The van der Waals surface area contributed by atoms with Gasteiger partial charge in [-0.15, -0.1) is 0 Å². The second-order valence-corrected chi connectivity index (χ2v) is 11.3. The van der Waals surface area contributed by atoms with Crippen LogP contribution in [0.25, 0.3) is 0 Å². The number of halogens is 5. The molecule has 3 aromatic rings. The van der Waals surface area contributed by atoms with Crippen molar-refractivity contribution in [1.29, 1.82) is 0 Å². The second-order valence-electron chi connectivity index (χ2n) is 11.3. The molecule has 0 N–H and O–H groups in total. The Hall–Kier alpha value is -3.29. The first-order valence-electron chi connectivity index (χ1n) is 15.5. The van der Waals surface area contributed by atoms with Crippen LogP contribution in [0.1, 0.15) is 107 Å². The van der Waals surface area contributed by atoms with Crippen LogP contribution in [0, 0.1) is 29.1 Å². The molecule has 1 saturated carbocycles. The van der Waals surface area contributed by atoms with E-state index in [1.165, 1.54) is 24.3 Å². The van der Waals surface area contributed by atoms with Crippen molar-refractivity contribution in [2.24, 2.45) is 0 Å². The third-order valence-electron chi connectivity index (χ3n) is 8.19. The zero-order valence-corrected chi connectivity index (χ0v) is 25.0. The van der Waals surface area contributed by atoms with Gasteiger partial charge in [-0.05, 0) is 85.8 Å². The van der Waals surface area contributed by atoms with E-state index in [1.54, 1.807) is 18.2 Å². The average molecular weight is 605 g/mol. The van der Waals surface area contributed by atoms with Gasteiger partial charge in [-0.25, -0.2) is 13.2 Å². The number of ether oxygens (including phenoxy) is 3. The summed E-state index contributed by atoms with van der Waals surface area (Å²) in [4.78, 5) is 0. The van der Waals surface area contributed by atoms with Gasteiger partial charge in [0.2, 0.25) is 11.6 Å². The Labute approximate surface area is 251 Å². The fraction of sp³-hybridized carbons (Fsp3) is 0.486. The predicted octanol–water partition coefficient (Wildman–Crippen LogP) is 10.5. The molecular formula is C35H41F5O3. The molecule has 0 atom stereocenters. The molecule has 0 spiro atoms. The fourth-order valence-corrected chi connectivity index (χ4v) is 5.61. The van der Waals surface area contributed by atoms with Crippen molar-refractivity contribution < 1.29 is 36.2 Å². The molecule has 0 saturated heterocycles. The lowest BCUT2D eigenvalue weighted by Crippen LogP contribution is -2.15. The SMILES string of the molecule is CCCCCCOc1ccc(COc2ccc(C3CCC(c4ccc(OCCCC)c(F)c4F)CC3)c(F)c2)c(F)c1F.